The lowest BCUT2D eigenvalue weighted by atomic mass is 10.1. The van der Waals surface area contributed by atoms with Crippen LogP contribution in [0.3, 0.4) is 0 Å². The maximum Gasteiger partial charge on any atom is 0.0435 e. The van der Waals surface area contributed by atoms with Crippen molar-refractivity contribution in [2.45, 2.75) is 20.8 Å². The van der Waals surface area contributed by atoms with Crippen molar-refractivity contribution in [3.8, 4) is 0 Å². The van der Waals surface area contributed by atoms with E-state index in [0.29, 0.717) is 5.03 Å². The Balaban J connectivity index is 4.72. The summed E-state index contributed by atoms with van der Waals surface area (Å²) in [6.07, 6.45) is 3.86. The van der Waals surface area contributed by atoms with E-state index < -0.39 is 0 Å². The molecule has 0 bridgehead atoms. The smallest absolute Gasteiger partial charge is 0.0435 e. The summed E-state index contributed by atoms with van der Waals surface area (Å²) in [6, 6.07) is 0. The monoisotopic (exact) mass is 182 g/mol. The van der Waals surface area contributed by atoms with E-state index in [0.717, 1.165) is 16.7 Å². The fourth-order valence-electron chi connectivity index (χ4n) is 0.713. The third-order valence-corrected chi connectivity index (χ3v) is 1.93. The van der Waals surface area contributed by atoms with Crippen LogP contribution < -0.4 is 0 Å². The van der Waals surface area contributed by atoms with Gasteiger partial charge in [0.2, 0.25) is 0 Å². The topological polar surface area (TPSA) is 0 Å². The molecule has 0 unspecified atom stereocenters. The summed E-state index contributed by atoms with van der Waals surface area (Å²) in [6.45, 7) is 13.4. The zero-order valence-corrected chi connectivity index (χ0v) is 8.70. The molecule has 0 aromatic rings. The number of rotatable bonds is 3. The molecule has 0 heterocycles. The molecular formula is C11H15Cl. The van der Waals surface area contributed by atoms with Gasteiger partial charge in [-0.25, -0.2) is 0 Å². The average molecular weight is 183 g/mol. The van der Waals surface area contributed by atoms with E-state index in [1.807, 2.05) is 32.9 Å². The van der Waals surface area contributed by atoms with E-state index in [9.17, 15) is 0 Å². The molecule has 0 spiro atoms. The summed E-state index contributed by atoms with van der Waals surface area (Å²) in [5.41, 5.74) is 2.94. The summed E-state index contributed by atoms with van der Waals surface area (Å²) >= 11 is 5.91. The number of halogens is 1. The van der Waals surface area contributed by atoms with Crippen molar-refractivity contribution in [2.24, 2.45) is 0 Å². The number of hydrogen-bond acceptors (Lipinski definition) is 0. The van der Waals surface area contributed by atoms with E-state index in [2.05, 4.69) is 13.2 Å². The van der Waals surface area contributed by atoms with Crippen LogP contribution in [0.2, 0.25) is 0 Å². The molecule has 0 aromatic carbocycles. The minimum atomic E-state index is 0.686. The van der Waals surface area contributed by atoms with Gasteiger partial charge in [-0.1, -0.05) is 36.4 Å². The highest BCUT2D eigenvalue weighted by Crippen LogP contribution is 2.18. The van der Waals surface area contributed by atoms with Crippen LogP contribution in [0.5, 0.6) is 0 Å². The Hall–Kier alpha value is -0.750. The second-order valence-corrected chi connectivity index (χ2v) is 3.20. The molecule has 0 fully saturated rings. The normalized spacial score (nSPS) is 13.0. The standard InChI is InChI=1S/C11H15Cl/c1-6-10(8(2)3)7-11(12)9(4)5/h6-7H,2,4H2,1,3,5H3/b10-6+,11-7+. The van der Waals surface area contributed by atoms with Gasteiger partial charge < -0.3 is 0 Å². The lowest BCUT2D eigenvalue weighted by Gasteiger charge is -2.01. The molecule has 12 heavy (non-hydrogen) atoms. The number of hydrogen-bond donors (Lipinski definition) is 0. The van der Waals surface area contributed by atoms with Gasteiger partial charge in [-0.2, -0.15) is 0 Å². The van der Waals surface area contributed by atoms with Crippen LogP contribution in [0.25, 0.3) is 0 Å². The molecule has 0 radical (unpaired) electrons. The SMILES string of the molecule is C=C(C)/C(Cl)=C\C(=C/C)C(=C)C. The van der Waals surface area contributed by atoms with Crippen LogP contribution in [0.15, 0.2) is 47.1 Å². The van der Waals surface area contributed by atoms with Crippen LogP contribution >= 0.6 is 11.6 Å². The fraction of sp³-hybridized carbons (Fsp3) is 0.273. The third-order valence-electron chi connectivity index (χ3n) is 1.49. The Kier molecular flexibility index (Phi) is 4.68. The molecule has 1 heteroatoms. The Morgan fingerprint density at radius 2 is 1.67 bits per heavy atom. The van der Waals surface area contributed by atoms with Gasteiger partial charge in [0.1, 0.15) is 0 Å². The Bertz CT molecular complexity index is 254. The Labute approximate surface area is 79.9 Å². The van der Waals surface area contributed by atoms with Gasteiger partial charge >= 0.3 is 0 Å². The van der Waals surface area contributed by atoms with Crippen LogP contribution in [-0.4, -0.2) is 0 Å². The zero-order chi connectivity index (χ0) is 9.72. The molecular weight excluding hydrogens is 168 g/mol. The fourth-order valence-corrected chi connectivity index (χ4v) is 0.830. The maximum absolute atomic E-state index is 5.91. The predicted molar refractivity (Wildman–Crippen MR) is 57.3 cm³/mol. The molecule has 0 aliphatic heterocycles. The summed E-state index contributed by atoms with van der Waals surface area (Å²) in [7, 11) is 0. The molecule has 0 saturated heterocycles. The van der Waals surface area contributed by atoms with Gasteiger partial charge in [0.15, 0.2) is 0 Å². The molecule has 0 atom stereocenters. The van der Waals surface area contributed by atoms with Gasteiger partial charge in [-0.15, -0.1) is 0 Å². The van der Waals surface area contributed by atoms with E-state index in [1.54, 1.807) is 0 Å². The molecule has 0 amide bonds. The first-order valence-electron chi connectivity index (χ1n) is 3.84. The van der Waals surface area contributed by atoms with Crippen LogP contribution in [-0.2, 0) is 0 Å². The summed E-state index contributed by atoms with van der Waals surface area (Å²) in [4.78, 5) is 0. The second-order valence-electron chi connectivity index (χ2n) is 2.80. The van der Waals surface area contributed by atoms with Crippen molar-refractivity contribution in [2.75, 3.05) is 0 Å². The minimum Gasteiger partial charge on any atom is -0.0955 e. The van der Waals surface area contributed by atoms with Crippen LogP contribution in [0.1, 0.15) is 20.8 Å². The lowest BCUT2D eigenvalue weighted by molar-refractivity contribution is 1.40. The van der Waals surface area contributed by atoms with Crippen molar-refractivity contribution >= 4 is 11.6 Å². The first-order valence-corrected chi connectivity index (χ1v) is 4.22. The summed E-state index contributed by atoms with van der Waals surface area (Å²) in [5.74, 6) is 0. The van der Waals surface area contributed by atoms with Gasteiger partial charge in [-0.05, 0) is 38.0 Å². The second kappa shape index (κ2) is 5.00. The van der Waals surface area contributed by atoms with Crippen LogP contribution in [0.4, 0.5) is 0 Å². The van der Waals surface area contributed by atoms with Crippen molar-refractivity contribution in [1.82, 2.24) is 0 Å². The third kappa shape index (κ3) is 3.59. The number of allylic oxidation sites excluding steroid dienone is 6. The van der Waals surface area contributed by atoms with Gasteiger partial charge in [0.25, 0.3) is 0 Å². The maximum atomic E-state index is 5.91. The molecule has 0 aromatic heterocycles. The average Bonchev–Trinajstić information content (AvgIpc) is 1.98. The van der Waals surface area contributed by atoms with Gasteiger partial charge in [0, 0.05) is 5.03 Å². The molecule has 0 saturated carbocycles. The molecule has 0 nitrogen and oxygen atoms in total. The van der Waals surface area contributed by atoms with E-state index in [-0.39, 0.29) is 0 Å². The molecule has 66 valence electrons. The van der Waals surface area contributed by atoms with E-state index >= 15 is 0 Å². The van der Waals surface area contributed by atoms with Gasteiger partial charge in [-0.3, -0.25) is 0 Å². The highest BCUT2D eigenvalue weighted by molar-refractivity contribution is 6.32. The largest absolute Gasteiger partial charge is 0.0955 e. The van der Waals surface area contributed by atoms with Crippen molar-refractivity contribution < 1.29 is 0 Å². The summed E-state index contributed by atoms with van der Waals surface area (Å²) < 4.78 is 0. The molecule has 0 aliphatic rings. The van der Waals surface area contributed by atoms with Crippen molar-refractivity contribution in [1.29, 1.82) is 0 Å². The first-order chi connectivity index (χ1) is 5.49. The highest BCUT2D eigenvalue weighted by atomic mass is 35.5. The van der Waals surface area contributed by atoms with Crippen LogP contribution in [0, 0.1) is 0 Å². The van der Waals surface area contributed by atoms with Gasteiger partial charge in [0.05, 0.1) is 0 Å². The van der Waals surface area contributed by atoms with Crippen molar-refractivity contribution in [3.63, 3.8) is 0 Å². The first kappa shape index (κ1) is 11.2. The van der Waals surface area contributed by atoms with Crippen molar-refractivity contribution in [3.05, 3.63) is 47.1 Å². The molecule has 0 N–H and O–H groups in total. The molecule has 0 rings (SSSR count). The Morgan fingerprint density at radius 1 is 1.17 bits per heavy atom. The van der Waals surface area contributed by atoms with E-state index in [1.165, 1.54) is 0 Å². The zero-order valence-electron chi connectivity index (χ0n) is 7.95. The lowest BCUT2D eigenvalue weighted by Crippen LogP contribution is -1.81. The highest BCUT2D eigenvalue weighted by Gasteiger charge is 1.96. The minimum absolute atomic E-state index is 0.686. The summed E-state index contributed by atoms with van der Waals surface area (Å²) in [5, 5.41) is 0.686. The Morgan fingerprint density at radius 3 is 1.92 bits per heavy atom. The quantitative estimate of drug-likeness (QED) is 0.574. The van der Waals surface area contributed by atoms with E-state index in [4.69, 9.17) is 11.6 Å². The predicted octanol–water partition coefficient (Wildman–Crippen LogP) is 4.21. The molecule has 0 aliphatic carbocycles.